The van der Waals surface area contributed by atoms with E-state index in [2.05, 4.69) is 9.88 Å². The molecule has 2 heterocycles. The fourth-order valence-electron chi connectivity index (χ4n) is 3.93. The predicted octanol–water partition coefficient (Wildman–Crippen LogP) is 4.11. The molecule has 2 aromatic carbocycles. The molecular formula is C21H22F3N3O2. The molecule has 3 aromatic rings. The SMILES string of the molecule is O=c1[nH]c2ccccc2n1C1CCN(Cc2cccc(OCC(F)(F)F)c2)CC1. The molecule has 1 fully saturated rings. The molecule has 1 aromatic heterocycles. The zero-order valence-corrected chi connectivity index (χ0v) is 15.8. The number of nitrogens with one attached hydrogen (secondary N) is 1. The van der Waals surface area contributed by atoms with E-state index in [-0.39, 0.29) is 17.5 Å². The molecule has 1 N–H and O–H groups in total. The Kier molecular flexibility index (Phi) is 5.36. The molecule has 4 rings (SSSR count). The van der Waals surface area contributed by atoms with Gasteiger partial charge in [0.2, 0.25) is 0 Å². The average Bonchev–Trinajstić information content (AvgIpc) is 3.03. The minimum Gasteiger partial charge on any atom is -0.484 e. The molecule has 0 spiro atoms. The van der Waals surface area contributed by atoms with E-state index in [4.69, 9.17) is 4.74 Å². The minimum absolute atomic E-state index is 0.0841. The Balaban J connectivity index is 1.38. The van der Waals surface area contributed by atoms with Crippen LogP contribution in [0.15, 0.2) is 53.3 Å². The molecule has 1 saturated heterocycles. The Morgan fingerprint density at radius 3 is 2.59 bits per heavy atom. The van der Waals surface area contributed by atoms with Crippen LogP contribution in [0.3, 0.4) is 0 Å². The zero-order valence-electron chi connectivity index (χ0n) is 15.8. The zero-order chi connectivity index (χ0) is 20.4. The first kappa shape index (κ1) is 19.6. The van der Waals surface area contributed by atoms with E-state index in [1.165, 1.54) is 6.07 Å². The molecule has 0 atom stereocenters. The van der Waals surface area contributed by atoms with Crippen LogP contribution in [-0.4, -0.2) is 40.3 Å². The number of H-pyrrole nitrogens is 1. The van der Waals surface area contributed by atoms with Gasteiger partial charge in [0, 0.05) is 25.7 Å². The summed E-state index contributed by atoms with van der Waals surface area (Å²) < 4.78 is 43.7. The smallest absolute Gasteiger partial charge is 0.422 e. The van der Waals surface area contributed by atoms with Gasteiger partial charge < -0.3 is 9.72 Å². The number of piperidine rings is 1. The van der Waals surface area contributed by atoms with E-state index in [9.17, 15) is 18.0 Å². The van der Waals surface area contributed by atoms with Crippen molar-refractivity contribution in [3.63, 3.8) is 0 Å². The van der Waals surface area contributed by atoms with Gasteiger partial charge >= 0.3 is 11.9 Å². The quantitative estimate of drug-likeness (QED) is 0.695. The number of ether oxygens (including phenoxy) is 1. The van der Waals surface area contributed by atoms with Crippen molar-refractivity contribution in [2.75, 3.05) is 19.7 Å². The molecule has 0 unspecified atom stereocenters. The standard InChI is InChI=1S/C21H22F3N3O2/c22-21(23,24)14-29-17-5-3-4-15(12-17)13-26-10-8-16(9-11-26)27-19-7-2-1-6-18(19)25-20(27)28/h1-7,12,16H,8-11,13-14H2,(H,25,28). The lowest BCUT2D eigenvalue weighted by atomic mass is 10.0. The van der Waals surface area contributed by atoms with Crippen molar-refractivity contribution in [3.8, 4) is 5.75 Å². The highest BCUT2D eigenvalue weighted by molar-refractivity contribution is 5.75. The molecule has 5 nitrogen and oxygen atoms in total. The molecule has 0 bridgehead atoms. The van der Waals surface area contributed by atoms with Crippen molar-refractivity contribution in [2.45, 2.75) is 31.6 Å². The molecule has 0 saturated carbocycles. The van der Waals surface area contributed by atoms with Crippen molar-refractivity contribution in [1.82, 2.24) is 14.5 Å². The fraction of sp³-hybridized carbons (Fsp3) is 0.381. The number of alkyl halides is 3. The number of imidazole rings is 1. The first-order chi connectivity index (χ1) is 13.9. The van der Waals surface area contributed by atoms with Gasteiger partial charge in [0.25, 0.3) is 0 Å². The largest absolute Gasteiger partial charge is 0.484 e. The number of halogens is 3. The summed E-state index contributed by atoms with van der Waals surface area (Å²) in [5.74, 6) is 0.222. The predicted molar refractivity (Wildman–Crippen MR) is 104 cm³/mol. The summed E-state index contributed by atoms with van der Waals surface area (Å²) in [6, 6.07) is 14.6. The maximum atomic E-state index is 12.4. The molecular weight excluding hydrogens is 383 g/mol. The van der Waals surface area contributed by atoms with Crippen LogP contribution in [0, 0.1) is 0 Å². The number of rotatable bonds is 5. The van der Waals surface area contributed by atoms with Gasteiger partial charge in [-0.1, -0.05) is 24.3 Å². The third-order valence-electron chi connectivity index (χ3n) is 5.25. The average molecular weight is 405 g/mol. The Morgan fingerprint density at radius 1 is 1.07 bits per heavy atom. The summed E-state index contributed by atoms with van der Waals surface area (Å²) in [6.07, 6.45) is -2.67. The van der Waals surface area contributed by atoms with Gasteiger partial charge in [-0.2, -0.15) is 13.2 Å². The first-order valence-electron chi connectivity index (χ1n) is 9.59. The van der Waals surface area contributed by atoms with Crippen LogP contribution in [0.1, 0.15) is 24.4 Å². The van der Waals surface area contributed by atoms with Crippen LogP contribution < -0.4 is 10.4 Å². The summed E-state index contributed by atoms with van der Waals surface area (Å²) in [7, 11) is 0. The van der Waals surface area contributed by atoms with E-state index < -0.39 is 12.8 Å². The van der Waals surface area contributed by atoms with Gasteiger partial charge in [-0.15, -0.1) is 0 Å². The maximum absolute atomic E-state index is 12.4. The maximum Gasteiger partial charge on any atom is 0.422 e. The highest BCUT2D eigenvalue weighted by Gasteiger charge is 2.28. The molecule has 0 aliphatic carbocycles. The molecule has 1 aliphatic heterocycles. The fourth-order valence-corrected chi connectivity index (χ4v) is 3.93. The normalized spacial score (nSPS) is 16.4. The summed E-state index contributed by atoms with van der Waals surface area (Å²) in [5, 5.41) is 0. The number of nitrogens with zero attached hydrogens (tertiary/aromatic N) is 2. The van der Waals surface area contributed by atoms with E-state index >= 15 is 0 Å². The monoisotopic (exact) mass is 405 g/mol. The number of likely N-dealkylation sites (tertiary alicyclic amines) is 1. The van der Waals surface area contributed by atoms with Gasteiger partial charge in [0.1, 0.15) is 5.75 Å². The second-order valence-corrected chi connectivity index (χ2v) is 7.38. The number of aromatic nitrogens is 2. The van der Waals surface area contributed by atoms with Gasteiger partial charge in [-0.3, -0.25) is 9.47 Å². The van der Waals surface area contributed by atoms with Crippen LogP contribution >= 0.6 is 0 Å². The lowest BCUT2D eigenvalue weighted by molar-refractivity contribution is -0.153. The highest BCUT2D eigenvalue weighted by Crippen LogP contribution is 2.26. The Bertz CT molecular complexity index is 1030. The number of hydrogen-bond donors (Lipinski definition) is 1. The lowest BCUT2D eigenvalue weighted by Crippen LogP contribution is -2.36. The third kappa shape index (κ3) is 4.64. The van der Waals surface area contributed by atoms with Gasteiger partial charge in [0.15, 0.2) is 6.61 Å². The Labute approximate surface area is 165 Å². The van der Waals surface area contributed by atoms with Crippen LogP contribution in [-0.2, 0) is 6.54 Å². The van der Waals surface area contributed by atoms with E-state index in [1.54, 1.807) is 12.1 Å². The second-order valence-electron chi connectivity index (χ2n) is 7.38. The van der Waals surface area contributed by atoms with E-state index in [1.807, 2.05) is 34.9 Å². The van der Waals surface area contributed by atoms with Crippen LogP contribution in [0.4, 0.5) is 13.2 Å². The van der Waals surface area contributed by atoms with Gasteiger partial charge in [0.05, 0.1) is 11.0 Å². The van der Waals surface area contributed by atoms with Gasteiger partial charge in [-0.25, -0.2) is 4.79 Å². The van der Waals surface area contributed by atoms with Crippen molar-refractivity contribution in [1.29, 1.82) is 0 Å². The van der Waals surface area contributed by atoms with E-state index in [0.717, 1.165) is 42.5 Å². The minimum atomic E-state index is -4.35. The molecule has 0 radical (unpaired) electrons. The number of para-hydroxylation sites is 2. The van der Waals surface area contributed by atoms with Gasteiger partial charge in [-0.05, 0) is 42.7 Å². The summed E-state index contributed by atoms with van der Waals surface area (Å²) in [6.45, 7) is 0.967. The van der Waals surface area contributed by atoms with Crippen LogP contribution in [0.25, 0.3) is 11.0 Å². The summed E-state index contributed by atoms with van der Waals surface area (Å²) in [4.78, 5) is 17.5. The Morgan fingerprint density at radius 2 is 1.83 bits per heavy atom. The summed E-state index contributed by atoms with van der Waals surface area (Å²) >= 11 is 0. The van der Waals surface area contributed by atoms with Crippen LogP contribution in [0.5, 0.6) is 5.75 Å². The van der Waals surface area contributed by atoms with Crippen molar-refractivity contribution >= 4 is 11.0 Å². The van der Waals surface area contributed by atoms with Crippen molar-refractivity contribution < 1.29 is 17.9 Å². The first-order valence-corrected chi connectivity index (χ1v) is 9.59. The number of fused-ring (bicyclic) bond motifs is 1. The summed E-state index contributed by atoms with van der Waals surface area (Å²) in [5.41, 5.74) is 2.59. The number of hydrogen-bond acceptors (Lipinski definition) is 3. The van der Waals surface area contributed by atoms with E-state index in [0.29, 0.717) is 6.54 Å². The molecule has 8 heteroatoms. The molecule has 154 valence electrons. The molecule has 1 aliphatic rings. The molecule has 0 amide bonds. The lowest BCUT2D eigenvalue weighted by Gasteiger charge is -2.32. The highest BCUT2D eigenvalue weighted by atomic mass is 19.4. The number of aromatic amines is 1. The second kappa shape index (κ2) is 7.94. The molecule has 29 heavy (non-hydrogen) atoms. The van der Waals surface area contributed by atoms with Crippen molar-refractivity contribution in [2.24, 2.45) is 0 Å². The Hall–Kier alpha value is -2.74. The van der Waals surface area contributed by atoms with Crippen molar-refractivity contribution in [3.05, 3.63) is 64.6 Å². The van der Waals surface area contributed by atoms with Crippen LogP contribution in [0.2, 0.25) is 0 Å². The third-order valence-corrected chi connectivity index (χ3v) is 5.25. The topological polar surface area (TPSA) is 50.3 Å². The number of benzene rings is 2.